The highest BCUT2D eigenvalue weighted by Crippen LogP contribution is 2.29. The summed E-state index contributed by atoms with van der Waals surface area (Å²) in [4.78, 5) is 77.9. The monoisotopic (exact) mass is 899 g/mol. The van der Waals surface area contributed by atoms with E-state index in [-0.39, 0.29) is 63.1 Å². The molecule has 0 aromatic heterocycles. The van der Waals surface area contributed by atoms with Gasteiger partial charge in [-0.15, -0.1) is 0 Å². The van der Waals surface area contributed by atoms with Crippen LogP contribution in [0.5, 0.6) is 0 Å². The minimum absolute atomic E-state index is 0.103. The molecule has 13 heteroatoms. The van der Waals surface area contributed by atoms with Crippen molar-refractivity contribution in [3.63, 3.8) is 0 Å². The van der Waals surface area contributed by atoms with E-state index in [1.54, 1.807) is 0 Å². The molecule has 0 aromatic carbocycles. The largest absolute Gasteiger partial charge is 0.461 e. The highest BCUT2D eigenvalue weighted by Gasteiger charge is 2.34. The number of nitrogens with two attached hydrogens (primary N) is 1. The van der Waals surface area contributed by atoms with Gasteiger partial charge in [-0.1, -0.05) is 105 Å². The van der Waals surface area contributed by atoms with Crippen molar-refractivity contribution in [2.24, 2.45) is 21.7 Å². The minimum atomic E-state index is -0.941. The summed E-state index contributed by atoms with van der Waals surface area (Å²) < 4.78 is 33.9. The lowest BCUT2D eigenvalue weighted by Gasteiger charge is -2.26. The fourth-order valence-electron chi connectivity index (χ4n) is 6.78. The van der Waals surface area contributed by atoms with E-state index in [1.807, 2.05) is 60.7 Å². The molecular weight excluding hydrogens is 807 g/mol. The quantitative estimate of drug-likeness (QED) is 0.0354. The van der Waals surface area contributed by atoms with Gasteiger partial charge in [0, 0.05) is 12.8 Å². The molecule has 0 unspecified atom stereocenters. The smallest absolute Gasteiger partial charge is 0.311 e. The Balaban J connectivity index is 5.21. The SMILES string of the molecule is CCCCCC(C)(C)C(=O)OCC(COC(=O)C(C)(C)CCCCC)OC(=O)CCC[NH2+]CCCC(=O)OC(COC(=O)C(C)(C)CCCCC)COC(=O)C(C)(C)CCCCC. The van der Waals surface area contributed by atoms with Crippen LogP contribution in [0.4, 0.5) is 0 Å². The number of unbranched alkanes of at least 4 members (excludes halogenated alkanes) is 8. The van der Waals surface area contributed by atoms with Crippen LogP contribution < -0.4 is 5.32 Å². The predicted molar refractivity (Wildman–Crippen MR) is 245 cm³/mol. The molecule has 2 N–H and O–H groups in total. The number of ether oxygens (including phenoxy) is 6. The fraction of sp³-hybridized carbons (Fsp3) is 0.880. The standard InChI is InChI=1S/C50H91NO12/c1-13-17-21-29-47(5,6)43(54)58-35-39(36-59-44(55)48(7,8)30-22-18-14-2)62-41(52)27-25-33-51-34-26-28-42(53)63-40(37-60-45(56)49(9,10)31-23-19-15-3)38-61-46(57)50(11,12)32-24-20-16-4/h39-40,51H,13-38H2,1-12H3/p+1. The molecule has 368 valence electrons. The molecule has 0 heterocycles. The van der Waals surface area contributed by atoms with Crippen molar-refractivity contribution in [3.05, 3.63) is 0 Å². The minimum Gasteiger partial charge on any atom is -0.461 e. The molecule has 0 atom stereocenters. The second-order valence-corrected chi connectivity index (χ2v) is 20.1. The Labute approximate surface area is 382 Å². The first-order valence-corrected chi connectivity index (χ1v) is 24.5. The summed E-state index contributed by atoms with van der Waals surface area (Å²) >= 11 is 0. The molecule has 0 aliphatic carbocycles. The first-order chi connectivity index (χ1) is 29.6. The normalized spacial score (nSPS) is 12.3. The second-order valence-electron chi connectivity index (χ2n) is 20.1. The van der Waals surface area contributed by atoms with E-state index in [0.29, 0.717) is 51.6 Å². The van der Waals surface area contributed by atoms with Gasteiger partial charge in [0.1, 0.15) is 26.4 Å². The van der Waals surface area contributed by atoms with E-state index in [4.69, 9.17) is 28.4 Å². The van der Waals surface area contributed by atoms with Crippen LogP contribution in [0.2, 0.25) is 0 Å². The van der Waals surface area contributed by atoms with E-state index < -0.39 is 45.8 Å². The van der Waals surface area contributed by atoms with E-state index in [2.05, 4.69) is 27.7 Å². The summed E-state index contributed by atoms with van der Waals surface area (Å²) in [7, 11) is 0. The van der Waals surface area contributed by atoms with Crippen LogP contribution in [-0.4, -0.2) is 87.5 Å². The van der Waals surface area contributed by atoms with Crippen molar-refractivity contribution < 1.29 is 62.5 Å². The van der Waals surface area contributed by atoms with Crippen LogP contribution in [-0.2, 0) is 57.2 Å². The van der Waals surface area contributed by atoms with Gasteiger partial charge in [0.2, 0.25) is 0 Å². The summed E-state index contributed by atoms with van der Waals surface area (Å²) in [6.07, 6.45) is 13.8. The maximum atomic E-state index is 13.0. The Morgan fingerprint density at radius 2 is 0.619 bits per heavy atom. The Morgan fingerprint density at radius 1 is 0.381 bits per heavy atom. The second kappa shape index (κ2) is 32.4. The Kier molecular flexibility index (Phi) is 30.8. The van der Waals surface area contributed by atoms with Crippen molar-refractivity contribution in [2.45, 2.75) is 224 Å². The van der Waals surface area contributed by atoms with Crippen LogP contribution in [0.15, 0.2) is 0 Å². The lowest BCUT2D eigenvalue weighted by atomic mass is 9.87. The van der Waals surface area contributed by atoms with Crippen molar-refractivity contribution in [3.8, 4) is 0 Å². The lowest BCUT2D eigenvalue weighted by molar-refractivity contribution is -0.655. The first kappa shape index (κ1) is 59.8. The molecule has 0 rings (SSSR count). The number of esters is 6. The zero-order valence-electron chi connectivity index (χ0n) is 42.0. The van der Waals surface area contributed by atoms with Crippen LogP contribution in [0.3, 0.4) is 0 Å². The molecule has 0 amide bonds. The van der Waals surface area contributed by atoms with Gasteiger partial charge in [-0.3, -0.25) is 28.8 Å². The molecule has 0 saturated heterocycles. The zero-order valence-corrected chi connectivity index (χ0v) is 42.0. The molecule has 63 heavy (non-hydrogen) atoms. The van der Waals surface area contributed by atoms with Gasteiger partial charge in [-0.25, -0.2) is 0 Å². The Morgan fingerprint density at radius 3 is 0.841 bits per heavy atom. The number of carbonyl (C=O) groups is 6. The third kappa shape index (κ3) is 27.7. The topological polar surface area (TPSA) is 174 Å². The van der Waals surface area contributed by atoms with E-state index in [9.17, 15) is 28.8 Å². The van der Waals surface area contributed by atoms with Gasteiger partial charge in [0.25, 0.3) is 0 Å². The first-order valence-electron chi connectivity index (χ1n) is 24.5. The van der Waals surface area contributed by atoms with Crippen molar-refractivity contribution in [1.29, 1.82) is 0 Å². The molecule has 0 aromatic rings. The van der Waals surface area contributed by atoms with Crippen LogP contribution in [0.1, 0.15) is 212 Å². The van der Waals surface area contributed by atoms with Gasteiger partial charge in [0.15, 0.2) is 12.2 Å². The van der Waals surface area contributed by atoms with Crippen molar-refractivity contribution >= 4 is 35.8 Å². The number of rotatable bonds is 38. The zero-order chi connectivity index (χ0) is 48.0. The average molecular weight is 899 g/mol. The highest BCUT2D eigenvalue weighted by molar-refractivity contribution is 5.77. The summed E-state index contributed by atoms with van der Waals surface area (Å²) in [5, 5.41) is 1.99. The average Bonchev–Trinajstić information content (AvgIpc) is 3.21. The van der Waals surface area contributed by atoms with E-state index in [0.717, 1.165) is 77.0 Å². The van der Waals surface area contributed by atoms with Gasteiger partial charge in [-0.05, 0) is 81.1 Å². The molecule has 0 aliphatic rings. The van der Waals surface area contributed by atoms with Gasteiger partial charge in [-0.2, -0.15) is 0 Å². The molecule has 0 saturated carbocycles. The summed E-state index contributed by atoms with van der Waals surface area (Å²) in [5.74, 6) is -2.53. The fourth-order valence-corrected chi connectivity index (χ4v) is 6.78. The molecular formula is C50H92NO12+. The Hall–Kier alpha value is -3.22. The maximum absolute atomic E-state index is 13.0. The molecule has 0 fully saturated rings. The summed E-state index contributed by atoms with van der Waals surface area (Å²) in [5.41, 5.74) is -2.80. The predicted octanol–water partition coefficient (Wildman–Crippen LogP) is 9.53. The summed E-state index contributed by atoms with van der Waals surface area (Å²) in [6, 6.07) is 0. The molecule has 0 aliphatic heterocycles. The summed E-state index contributed by atoms with van der Waals surface area (Å²) in [6.45, 7) is 23.5. The maximum Gasteiger partial charge on any atom is 0.311 e. The van der Waals surface area contributed by atoms with Crippen molar-refractivity contribution in [1.82, 2.24) is 0 Å². The van der Waals surface area contributed by atoms with Crippen LogP contribution >= 0.6 is 0 Å². The molecule has 0 radical (unpaired) electrons. The number of quaternary nitrogens is 1. The Bertz CT molecular complexity index is 1150. The lowest BCUT2D eigenvalue weighted by Crippen LogP contribution is -2.84. The van der Waals surface area contributed by atoms with Gasteiger partial charge < -0.3 is 33.7 Å². The van der Waals surface area contributed by atoms with E-state index in [1.165, 1.54) is 0 Å². The number of carbonyl (C=O) groups excluding carboxylic acids is 6. The van der Waals surface area contributed by atoms with Gasteiger partial charge in [0.05, 0.1) is 47.6 Å². The highest BCUT2D eigenvalue weighted by atomic mass is 16.6. The third-order valence-corrected chi connectivity index (χ3v) is 11.6. The number of hydrogen-bond acceptors (Lipinski definition) is 12. The van der Waals surface area contributed by atoms with Crippen LogP contribution in [0.25, 0.3) is 0 Å². The van der Waals surface area contributed by atoms with Crippen molar-refractivity contribution in [2.75, 3.05) is 39.5 Å². The number of hydrogen-bond donors (Lipinski definition) is 1. The molecule has 0 bridgehead atoms. The van der Waals surface area contributed by atoms with Gasteiger partial charge >= 0.3 is 35.8 Å². The molecule has 0 spiro atoms. The van der Waals surface area contributed by atoms with E-state index >= 15 is 0 Å². The molecule has 13 nitrogen and oxygen atoms in total. The third-order valence-electron chi connectivity index (χ3n) is 11.6. The van der Waals surface area contributed by atoms with Crippen LogP contribution in [0, 0.1) is 21.7 Å².